The zero-order valence-electron chi connectivity index (χ0n) is 13.9. The van der Waals surface area contributed by atoms with Crippen molar-refractivity contribution >= 4 is 23.3 Å². The fraction of sp³-hybridized carbons (Fsp3) is 0.500. The number of carbonyl (C=O) groups is 1. The van der Waals surface area contributed by atoms with E-state index in [0.29, 0.717) is 23.4 Å². The van der Waals surface area contributed by atoms with E-state index in [1.807, 2.05) is 18.5 Å². The fourth-order valence-corrected chi connectivity index (χ4v) is 3.17. The molecular formula is C16H21ClN6O. The first-order valence-electron chi connectivity index (χ1n) is 8.05. The lowest BCUT2D eigenvalue weighted by Crippen LogP contribution is -2.39. The molecule has 8 heteroatoms. The molecule has 2 aromatic heterocycles. The fourth-order valence-electron chi connectivity index (χ4n) is 3.06. The van der Waals surface area contributed by atoms with Crippen LogP contribution in [0.5, 0.6) is 0 Å². The highest BCUT2D eigenvalue weighted by Crippen LogP contribution is 2.19. The summed E-state index contributed by atoms with van der Waals surface area (Å²) in [5.41, 5.74) is 0. The van der Waals surface area contributed by atoms with Crippen LogP contribution in [0.2, 0.25) is 5.02 Å². The number of nitrogens with one attached hydrogen (secondary N) is 1. The van der Waals surface area contributed by atoms with Crippen LogP contribution in [0, 0.1) is 13.8 Å². The molecule has 3 rings (SSSR count). The summed E-state index contributed by atoms with van der Waals surface area (Å²) in [5.74, 6) is 2.14. The topological polar surface area (TPSA) is 75.9 Å². The van der Waals surface area contributed by atoms with Crippen LogP contribution in [0.15, 0.2) is 18.3 Å². The van der Waals surface area contributed by atoms with E-state index in [0.717, 1.165) is 37.6 Å². The molecule has 1 N–H and O–H groups in total. The van der Waals surface area contributed by atoms with Crippen molar-refractivity contribution in [3.8, 4) is 0 Å². The summed E-state index contributed by atoms with van der Waals surface area (Å²) in [7, 11) is 0. The molecule has 1 saturated heterocycles. The summed E-state index contributed by atoms with van der Waals surface area (Å²) >= 11 is 5.80. The van der Waals surface area contributed by atoms with Gasteiger partial charge in [-0.2, -0.15) is 5.10 Å². The molecule has 0 aromatic carbocycles. The van der Waals surface area contributed by atoms with E-state index >= 15 is 0 Å². The third-order valence-electron chi connectivity index (χ3n) is 4.19. The minimum atomic E-state index is -0.0665. The Hall–Kier alpha value is -1.99. The molecule has 1 aliphatic rings. The predicted molar refractivity (Wildman–Crippen MR) is 92.0 cm³/mol. The summed E-state index contributed by atoms with van der Waals surface area (Å²) in [6.45, 7) is 5.88. The summed E-state index contributed by atoms with van der Waals surface area (Å²) in [6.07, 6.45) is 3.67. The molecule has 3 heterocycles. The third-order valence-corrected chi connectivity index (χ3v) is 4.41. The molecule has 1 fully saturated rings. The van der Waals surface area contributed by atoms with Crippen LogP contribution in [0.4, 0.5) is 5.82 Å². The number of pyridine rings is 1. The highest BCUT2D eigenvalue weighted by Gasteiger charge is 2.27. The van der Waals surface area contributed by atoms with Crippen molar-refractivity contribution in [1.29, 1.82) is 0 Å². The number of halogens is 1. The minimum absolute atomic E-state index is 0.0665. The monoisotopic (exact) mass is 348 g/mol. The first-order chi connectivity index (χ1) is 11.5. The van der Waals surface area contributed by atoms with Gasteiger partial charge >= 0.3 is 0 Å². The quantitative estimate of drug-likeness (QED) is 0.895. The van der Waals surface area contributed by atoms with Gasteiger partial charge < -0.3 is 5.32 Å². The third kappa shape index (κ3) is 4.10. The van der Waals surface area contributed by atoms with Crippen molar-refractivity contribution in [2.45, 2.75) is 39.3 Å². The van der Waals surface area contributed by atoms with E-state index in [2.05, 4.69) is 25.3 Å². The van der Waals surface area contributed by atoms with Gasteiger partial charge in [0.25, 0.3) is 0 Å². The lowest BCUT2D eigenvalue weighted by molar-refractivity contribution is -0.117. The van der Waals surface area contributed by atoms with Gasteiger partial charge in [0, 0.05) is 12.2 Å². The van der Waals surface area contributed by atoms with Gasteiger partial charge in [0.05, 0.1) is 18.1 Å². The van der Waals surface area contributed by atoms with Gasteiger partial charge in [0.15, 0.2) is 0 Å². The highest BCUT2D eigenvalue weighted by molar-refractivity contribution is 6.30. The Morgan fingerprint density at radius 3 is 2.92 bits per heavy atom. The number of hydrogen-bond donors (Lipinski definition) is 1. The average Bonchev–Trinajstić information content (AvgIpc) is 3.08. The molecule has 2 aromatic rings. The zero-order valence-corrected chi connectivity index (χ0v) is 14.6. The number of nitrogens with zero attached hydrogens (tertiary/aromatic N) is 5. The Kier molecular flexibility index (Phi) is 5.11. The van der Waals surface area contributed by atoms with Gasteiger partial charge in [0.2, 0.25) is 5.91 Å². The molecule has 1 aliphatic heterocycles. The number of likely N-dealkylation sites (tertiary alicyclic amines) is 1. The van der Waals surface area contributed by atoms with Crippen molar-refractivity contribution < 1.29 is 4.79 Å². The number of carbonyl (C=O) groups excluding carboxylic acids is 1. The lowest BCUT2D eigenvalue weighted by Gasteiger charge is -2.23. The molecule has 1 atom stereocenters. The van der Waals surface area contributed by atoms with Crippen molar-refractivity contribution in [1.82, 2.24) is 24.6 Å². The highest BCUT2D eigenvalue weighted by atomic mass is 35.5. The number of amides is 1. The van der Waals surface area contributed by atoms with Gasteiger partial charge in [-0.25, -0.2) is 14.6 Å². The Balaban J connectivity index is 1.58. The van der Waals surface area contributed by atoms with E-state index < -0.39 is 0 Å². The summed E-state index contributed by atoms with van der Waals surface area (Å²) in [4.78, 5) is 22.9. The van der Waals surface area contributed by atoms with Crippen LogP contribution < -0.4 is 5.32 Å². The second-order valence-electron chi connectivity index (χ2n) is 6.06. The number of hydrogen-bond acceptors (Lipinski definition) is 5. The summed E-state index contributed by atoms with van der Waals surface area (Å²) < 4.78 is 1.93. The van der Waals surface area contributed by atoms with Gasteiger partial charge in [0.1, 0.15) is 17.5 Å². The van der Waals surface area contributed by atoms with Gasteiger partial charge in [-0.1, -0.05) is 11.6 Å². The average molecular weight is 349 g/mol. The Morgan fingerprint density at radius 1 is 1.42 bits per heavy atom. The SMILES string of the molecule is Cc1nc(C)n(C[C@H]2CCCN2CC(=O)Nc2ccc(Cl)cn2)n1. The second kappa shape index (κ2) is 7.27. The predicted octanol–water partition coefficient (Wildman–Crippen LogP) is 2.05. The number of aryl methyl sites for hydroxylation is 2. The lowest BCUT2D eigenvalue weighted by atomic mass is 10.2. The minimum Gasteiger partial charge on any atom is -0.310 e. The Morgan fingerprint density at radius 2 is 2.25 bits per heavy atom. The van der Waals surface area contributed by atoms with Crippen molar-refractivity contribution in [3.05, 3.63) is 35.0 Å². The van der Waals surface area contributed by atoms with E-state index in [-0.39, 0.29) is 5.91 Å². The maximum absolute atomic E-state index is 12.3. The maximum Gasteiger partial charge on any atom is 0.239 e. The van der Waals surface area contributed by atoms with Crippen molar-refractivity contribution in [2.24, 2.45) is 0 Å². The molecule has 0 bridgehead atoms. The Bertz CT molecular complexity index is 714. The standard InChI is InChI=1S/C16H21ClN6O/c1-11-19-12(2)23(21-11)9-14-4-3-7-22(14)10-16(24)20-15-6-5-13(17)8-18-15/h5-6,8,14H,3-4,7,9-10H2,1-2H3,(H,18,20,24)/t14-/m1/s1. The van der Waals surface area contributed by atoms with E-state index in [1.54, 1.807) is 12.1 Å². The molecule has 7 nitrogen and oxygen atoms in total. The smallest absolute Gasteiger partial charge is 0.239 e. The maximum atomic E-state index is 12.3. The number of rotatable bonds is 5. The first-order valence-corrected chi connectivity index (χ1v) is 8.42. The molecule has 0 spiro atoms. The molecule has 0 saturated carbocycles. The van der Waals surface area contributed by atoms with Crippen LogP contribution >= 0.6 is 11.6 Å². The van der Waals surface area contributed by atoms with E-state index in [1.165, 1.54) is 6.20 Å². The van der Waals surface area contributed by atoms with Crippen LogP contribution in [0.25, 0.3) is 0 Å². The number of aromatic nitrogens is 4. The molecular weight excluding hydrogens is 328 g/mol. The number of anilines is 1. The Labute approximate surface area is 146 Å². The first kappa shape index (κ1) is 16.9. The second-order valence-corrected chi connectivity index (χ2v) is 6.50. The van der Waals surface area contributed by atoms with E-state index in [9.17, 15) is 4.79 Å². The molecule has 0 aliphatic carbocycles. The van der Waals surface area contributed by atoms with Crippen LogP contribution in [-0.4, -0.2) is 49.7 Å². The zero-order chi connectivity index (χ0) is 17.1. The van der Waals surface area contributed by atoms with Gasteiger partial charge in [-0.3, -0.25) is 9.69 Å². The van der Waals surface area contributed by atoms with Gasteiger partial charge in [-0.05, 0) is 45.4 Å². The van der Waals surface area contributed by atoms with Gasteiger partial charge in [-0.15, -0.1) is 0 Å². The molecule has 0 unspecified atom stereocenters. The largest absolute Gasteiger partial charge is 0.310 e. The van der Waals surface area contributed by atoms with Crippen molar-refractivity contribution in [3.63, 3.8) is 0 Å². The molecule has 128 valence electrons. The normalized spacial score (nSPS) is 18.0. The van der Waals surface area contributed by atoms with Crippen LogP contribution in [0.1, 0.15) is 24.5 Å². The van der Waals surface area contributed by atoms with E-state index in [4.69, 9.17) is 11.6 Å². The van der Waals surface area contributed by atoms with Crippen LogP contribution in [0.3, 0.4) is 0 Å². The molecule has 1 amide bonds. The summed E-state index contributed by atoms with van der Waals surface area (Å²) in [6, 6.07) is 3.70. The molecule has 0 radical (unpaired) electrons. The van der Waals surface area contributed by atoms with Crippen LogP contribution in [-0.2, 0) is 11.3 Å². The van der Waals surface area contributed by atoms with Crippen molar-refractivity contribution in [2.75, 3.05) is 18.4 Å². The summed E-state index contributed by atoms with van der Waals surface area (Å²) in [5, 5.41) is 7.78. The molecule has 24 heavy (non-hydrogen) atoms.